The molecule has 0 amide bonds. The highest BCUT2D eigenvalue weighted by molar-refractivity contribution is 7.10. The topological polar surface area (TPSA) is 95.8 Å². The Morgan fingerprint density at radius 1 is 1.34 bits per heavy atom. The number of carboxylic acid groups (broad SMARTS) is 1. The Morgan fingerprint density at radius 3 is 2.83 bits per heavy atom. The second-order valence-corrected chi connectivity index (χ2v) is 10.3. The number of thiazole rings is 1. The number of aromatic nitrogens is 2. The van der Waals surface area contributed by atoms with Crippen LogP contribution in [0.3, 0.4) is 0 Å². The van der Waals surface area contributed by atoms with Gasteiger partial charge in [0.15, 0.2) is 0 Å². The molecular formula is C26H28ClN3O4S. The molecule has 0 unspecified atom stereocenters. The van der Waals surface area contributed by atoms with Crippen LogP contribution in [0.1, 0.15) is 48.6 Å². The molecular weight excluding hydrogens is 486 g/mol. The summed E-state index contributed by atoms with van der Waals surface area (Å²) in [5, 5.41) is 21.9. The number of nitrogens with zero attached hydrogens (tertiary/aromatic N) is 3. The van der Waals surface area contributed by atoms with E-state index in [2.05, 4.69) is 26.7 Å². The van der Waals surface area contributed by atoms with Gasteiger partial charge in [0, 0.05) is 17.1 Å². The average Bonchev–Trinajstić information content (AvgIpc) is 3.36. The van der Waals surface area contributed by atoms with Gasteiger partial charge in [0.1, 0.15) is 5.75 Å². The van der Waals surface area contributed by atoms with Crippen molar-refractivity contribution >= 4 is 39.8 Å². The first-order valence-corrected chi connectivity index (χ1v) is 12.8. The molecule has 0 spiro atoms. The molecule has 3 aromatic rings. The maximum absolute atomic E-state index is 11.7. The molecule has 2 N–H and O–H groups in total. The van der Waals surface area contributed by atoms with E-state index in [4.69, 9.17) is 16.3 Å². The lowest BCUT2D eigenvalue weighted by Crippen LogP contribution is -2.41. The first-order valence-electron chi connectivity index (χ1n) is 11.5. The quantitative estimate of drug-likeness (QED) is 0.418. The van der Waals surface area contributed by atoms with Gasteiger partial charge in [-0.1, -0.05) is 23.4 Å². The summed E-state index contributed by atoms with van der Waals surface area (Å²) in [4.78, 5) is 23.3. The predicted octanol–water partition coefficient (Wildman–Crippen LogP) is 4.78. The molecule has 1 saturated heterocycles. The monoisotopic (exact) mass is 513 g/mol. The zero-order valence-corrected chi connectivity index (χ0v) is 21.1. The third kappa shape index (κ3) is 6.30. The van der Waals surface area contributed by atoms with Gasteiger partial charge in [0.25, 0.3) is 0 Å². The van der Waals surface area contributed by atoms with Gasteiger partial charge in [-0.15, -0.1) is 11.3 Å². The largest absolute Gasteiger partial charge is 0.497 e. The summed E-state index contributed by atoms with van der Waals surface area (Å²) in [7, 11) is 1.59. The van der Waals surface area contributed by atoms with Crippen molar-refractivity contribution in [3.63, 3.8) is 0 Å². The number of pyridine rings is 1. The molecule has 0 bridgehead atoms. The Kier molecular flexibility index (Phi) is 8.24. The van der Waals surface area contributed by atoms with Crippen LogP contribution in [0, 0.1) is 17.3 Å². The highest BCUT2D eigenvalue weighted by atomic mass is 35.5. The number of ether oxygens (including phenoxy) is 1. The highest BCUT2D eigenvalue weighted by Crippen LogP contribution is 2.43. The maximum Gasteiger partial charge on any atom is 0.303 e. The van der Waals surface area contributed by atoms with Crippen LogP contribution >= 0.6 is 22.9 Å². The van der Waals surface area contributed by atoms with E-state index in [0.717, 1.165) is 41.7 Å². The van der Waals surface area contributed by atoms with Crippen LogP contribution in [0.2, 0.25) is 5.02 Å². The normalized spacial score (nSPS) is 16.4. The standard InChI is InChI=1S/C26H28ClN3O4S/c1-34-18-4-5-22-20(13-18)25(21(27)16-29-22)23(31)6-7-26(14-24(32)33)8-11-30(12-9-26)10-2-3-19-15-28-17-35-19/h4-5,13,15-17,23,31H,6-12,14H2,1H3,(H,32,33)/t23-/m1/s1. The van der Waals surface area contributed by atoms with Gasteiger partial charge in [-0.25, -0.2) is 0 Å². The molecule has 0 aliphatic carbocycles. The molecule has 1 aliphatic rings. The van der Waals surface area contributed by atoms with Crippen LogP contribution in [0.4, 0.5) is 0 Å². The second-order valence-electron chi connectivity index (χ2n) is 8.97. The number of halogens is 1. The summed E-state index contributed by atoms with van der Waals surface area (Å²) in [6.45, 7) is 2.19. The number of piperidine rings is 1. The van der Waals surface area contributed by atoms with Crippen LogP contribution < -0.4 is 4.74 Å². The van der Waals surface area contributed by atoms with Crippen LogP contribution in [-0.2, 0) is 4.79 Å². The third-order valence-electron chi connectivity index (χ3n) is 6.74. The fraction of sp³-hybridized carbons (Fsp3) is 0.423. The smallest absolute Gasteiger partial charge is 0.303 e. The maximum atomic E-state index is 11.7. The number of aliphatic carboxylic acids is 1. The zero-order chi connectivity index (χ0) is 24.8. The molecule has 4 rings (SSSR count). The summed E-state index contributed by atoms with van der Waals surface area (Å²) in [5.74, 6) is 6.16. The van der Waals surface area contributed by atoms with Crippen molar-refractivity contribution in [2.75, 3.05) is 26.7 Å². The number of methoxy groups -OCH3 is 1. The van der Waals surface area contributed by atoms with E-state index in [0.29, 0.717) is 35.7 Å². The van der Waals surface area contributed by atoms with Crippen molar-refractivity contribution < 1.29 is 19.7 Å². The molecule has 9 heteroatoms. The van der Waals surface area contributed by atoms with Gasteiger partial charge in [-0.2, -0.15) is 0 Å². The second kappa shape index (κ2) is 11.4. The van der Waals surface area contributed by atoms with Crippen molar-refractivity contribution in [2.24, 2.45) is 5.41 Å². The molecule has 7 nitrogen and oxygen atoms in total. The fourth-order valence-electron chi connectivity index (χ4n) is 4.76. The van der Waals surface area contributed by atoms with Crippen LogP contribution in [-0.4, -0.2) is 57.8 Å². The Balaban J connectivity index is 1.44. The van der Waals surface area contributed by atoms with Crippen LogP contribution in [0.15, 0.2) is 36.1 Å². The molecule has 1 aliphatic heterocycles. The number of carbonyl (C=O) groups is 1. The van der Waals surface area contributed by atoms with Crippen molar-refractivity contribution in [1.82, 2.24) is 14.9 Å². The molecule has 1 atom stereocenters. The van der Waals surface area contributed by atoms with Crippen LogP contribution in [0.25, 0.3) is 10.9 Å². The van der Waals surface area contributed by atoms with Crippen molar-refractivity contribution in [3.8, 4) is 17.6 Å². The Hall–Kier alpha value is -2.70. The van der Waals surface area contributed by atoms with Crippen molar-refractivity contribution in [2.45, 2.75) is 38.2 Å². The first kappa shape index (κ1) is 25.4. The van der Waals surface area contributed by atoms with E-state index < -0.39 is 12.1 Å². The predicted molar refractivity (Wildman–Crippen MR) is 137 cm³/mol. The molecule has 0 radical (unpaired) electrons. The lowest BCUT2D eigenvalue weighted by Gasteiger charge is -2.41. The number of carboxylic acids is 1. The number of aliphatic hydroxyl groups is 1. The fourth-order valence-corrected chi connectivity index (χ4v) is 5.52. The average molecular weight is 514 g/mol. The summed E-state index contributed by atoms with van der Waals surface area (Å²) in [5.41, 5.74) is 2.72. The van der Waals surface area contributed by atoms with Gasteiger partial charge in [0.05, 0.1) is 53.3 Å². The molecule has 1 aromatic carbocycles. The van der Waals surface area contributed by atoms with E-state index in [9.17, 15) is 15.0 Å². The van der Waals surface area contributed by atoms with Crippen LogP contribution in [0.5, 0.6) is 5.75 Å². The van der Waals surface area contributed by atoms with Gasteiger partial charge in [-0.3, -0.25) is 19.7 Å². The number of rotatable bonds is 8. The van der Waals surface area contributed by atoms with Gasteiger partial charge >= 0.3 is 5.97 Å². The Labute approximate surface area is 213 Å². The van der Waals surface area contributed by atoms with E-state index in [1.54, 1.807) is 25.0 Å². The summed E-state index contributed by atoms with van der Waals surface area (Å²) in [6, 6.07) is 5.47. The summed E-state index contributed by atoms with van der Waals surface area (Å²) < 4.78 is 5.34. The minimum Gasteiger partial charge on any atom is -0.497 e. The van der Waals surface area contributed by atoms with E-state index >= 15 is 0 Å². The van der Waals surface area contributed by atoms with Crippen molar-refractivity contribution in [3.05, 3.63) is 51.6 Å². The SMILES string of the molecule is COc1ccc2ncc(Cl)c([C@H](O)CCC3(CC(=O)O)CCN(CC#Cc4cncs4)CC3)c2c1. The van der Waals surface area contributed by atoms with E-state index in [1.165, 1.54) is 11.3 Å². The lowest BCUT2D eigenvalue weighted by atomic mass is 9.71. The number of benzene rings is 1. The molecule has 2 aromatic heterocycles. The number of hydrogen-bond donors (Lipinski definition) is 2. The first-order chi connectivity index (χ1) is 16.9. The highest BCUT2D eigenvalue weighted by Gasteiger charge is 2.37. The van der Waals surface area contributed by atoms with Gasteiger partial charge in [0.2, 0.25) is 0 Å². The van der Waals surface area contributed by atoms with Crippen molar-refractivity contribution in [1.29, 1.82) is 0 Å². The lowest BCUT2D eigenvalue weighted by molar-refractivity contribution is -0.141. The molecule has 3 heterocycles. The minimum atomic E-state index is -0.839. The molecule has 0 saturated carbocycles. The Bertz CT molecular complexity index is 1230. The number of likely N-dealkylation sites (tertiary alicyclic amines) is 1. The summed E-state index contributed by atoms with van der Waals surface area (Å²) in [6.07, 6.45) is 5.03. The van der Waals surface area contributed by atoms with E-state index in [-0.39, 0.29) is 11.8 Å². The van der Waals surface area contributed by atoms with Gasteiger partial charge < -0.3 is 14.9 Å². The third-order valence-corrected chi connectivity index (χ3v) is 7.73. The molecule has 184 valence electrons. The molecule has 35 heavy (non-hydrogen) atoms. The van der Waals surface area contributed by atoms with Gasteiger partial charge in [-0.05, 0) is 62.4 Å². The summed E-state index contributed by atoms with van der Waals surface area (Å²) >= 11 is 7.97. The number of hydrogen-bond acceptors (Lipinski definition) is 7. The zero-order valence-electron chi connectivity index (χ0n) is 19.5. The molecule has 1 fully saturated rings. The number of aliphatic hydroxyl groups excluding tert-OH is 1. The van der Waals surface area contributed by atoms with E-state index in [1.807, 2.05) is 18.2 Å². The Morgan fingerprint density at radius 2 is 2.14 bits per heavy atom. The minimum absolute atomic E-state index is 0.0821. The number of fused-ring (bicyclic) bond motifs is 1.